The Kier molecular flexibility index (Phi) is 6.81. The summed E-state index contributed by atoms with van der Waals surface area (Å²) in [5.74, 6) is 0. The van der Waals surface area contributed by atoms with Crippen LogP contribution in [0.3, 0.4) is 0 Å². The molecule has 0 spiro atoms. The first-order chi connectivity index (χ1) is 11.8. The number of nitrogens with two attached hydrogens (primary N) is 1. The molecule has 2 rings (SSSR count). The molecule has 1 amide bonds. The average Bonchev–Trinajstić information content (AvgIpc) is 3.30. The fourth-order valence-corrected chi connectivity index (χ4v) is 2.82. The van der Waals surface area contributed by atoms with Gasteiger partial charge in [-0.05, 0) is 52.1 Å². The van der Waals surface area contributed by atoms with Crippen molar-refractivity contribution in [3.8, 4) is 0 Å². The second-order valence-electron chi connectivity index (χ2n) is 7.50. The first-order valence-electron chi connectivity index (χ1n) is 8.87. The van der Waals surface area contributed by atoms with Gasteiger partial charge in [0.2, 0.25) is 0 Å². The zero-order valence-electron chi connectivity index (χ0n) is 15.3. The van der Waals surface area contributed by atoms with E-state index >= 15 is 0 Å². The summed E-state index contributed by atoms with van der Waals surface area (Å²) in [6.07, 6.45) is 0.596. The molecular weight excluding hydrogens is 320 g/mol. The lowest BCUT2D eigenvalue weighted by Crippen LogP contribution is -2.49. The number of rotatable bonds is 8. The number of epoxide rings is 1. The van der Waals surface area contributed by atoms with Crippen molar-refractivity contribution in [2.75, 3.05) is 6.54 Å². The van der Waals surface area contributed by atoms with E-state index in [2.05, 4.69) is 5.32 Å². The zero-order chi connectivity index (χ0) is 18.4. The van der Waals surface area contributed by atoms with E-state index in [4.69, 9.17) is 15.2 Å². The fraction of sp³-hybridized carbons (Fsp3) is 0.632. The third-order valence-corrected chi connectivity index (χ3v) is 4.06. The molecule has 6 heteroatoms. The van der Waals surface area contributed by atoms with Crippen LogP contribution in [0.15, 0.2) is 30.3 Å². The number of amides is 1. The van der Waals surface area contributed by atoms with Crippen molar-refractivity contribution in [3.63, 3.8) is 0 Å². The number of carbonyl (C=O) groups is 1. The minimum Gasteiger partial charge on any atom is -0.444 e. The van der Waals surface area contributed by atoms with Gasteiger partial charge in [0.05, 0.1) is 12.1 Å². The van der Waals surface area contributed by atoms with Crippen molar-refractivity contribution < 1.29 is 19.4 Å². The fourth-order valence-electron chi connectivity index (χ4n) is 2.82. The lowest BCUT2D eigenvalue weighted by atomic mass is 9.97. The Labute approximate surface area is 149 Å². The van der Waals surface area contributed by atoms with E-state index in [0.717, 1.165) is 18.4 Å². The Morgan fingerprint density at radius 2 is 2.04 bits per heavy atom. The summed E-state index contributed by atoms with van der Waals surface area (Å²) in [7, 11) is 0. The summed E-state index contributed by atoms with van der Waals surface area (Å²) in [4.78, 5) is 12.2. The number of hydrogen-bond acceptors (Lipinski definition) is 5. The number of alkyl carbamates (subject to hydrolysis) is 1. The van der Waals surface area contributed by atoms with Crippen molar-refractivity contribution in [3.05, 3.63) is 35.9 Å². The number of hydrogen-bond donors (Lipinski definition) is 3. The maximum Gasteiger partial charge on any atom is 0.407 e. The van der Waals surface area contributed by atoms with Crippen LogP contribution in [0.4, 0.5) is 4.79 Å². The Morgan fingerprint density at radius 3 is 2.64 bits per heavy atom. The van der Waals surface area contributed by atoms with Crippen LogP contribution in [0.1, 0.15) is 39.2 Å². The Balaban J connectivity index is 2.00. The van der Waals surface area contributed by atoms with Crippen molar-refractivity contribution in [2.45, 2.75) is 70.0 Å². The van der Waals surface area contributed by atoms with Gasteiger partial charge in [-0.15, -0.1) is 0 Å². The van der Waals surface area contributed by atoms with E-state index in [1.807, 2.05) is 51.1 Å². The van der Waals surface area contributed by atoms with Gasteiger partial charge in [-0.25, -0.2) is 4.79 Å². The van der Waals surface area contributed by atoms with Gasteiger partial charge >= 0.3 is 6.09 Å². The summed E-state index contributed by atoms with van der Waals surface area (Å²) < 4.78 is 10.9. The highest BCUT2D eigenvalue weighted by Crippen LogP contribution is 2.31. The number of aliphatic hydroxyl groups excluding tert-OH is 1. The largest absolute Gasteiger partial charge is 0.444 e. The molecule has 0 aliphatic carbocycles. The first-order valence-corrected chi connectivity index (χ1v) is 8.87. The third-order valence-electron chi connectivity index (χ3n) is 4.06. The van der Waals surface area contributed by atoms with Gasteiger partial charge < -0.3 is 25.6 Å². The van der Waals surface area contributed by atoms with Gasteiger partial charge in [-0.1, -0.05) is 30.3 Å². The van der Waals surface area contributed by atoms with Crippen LogP contribution in [0, 0.1) is 0 Å². The van der Waals surface area contributed by atoms with Gasteiger partial charge in [-0.3, -0.25) is 0 Å². The molecule has 140 valence electrons. The molecule has 1 saturated heterocycles. The molecule has 1 aromatic carbocycles. The number of carbonyl (C=O) groups excluding carboxylic acids is 1. The molecule has 0 radical (unpaired) electrons. The summed E-state index contributed by atoms with van der Waals surface area (Å²) in [5, 5.41) is 13.5. The van der Waals surface area contributed by atoms with Gasteiger partial charge in [-0.2, -0.15) is 0 Å². The standard InChI is InChI=1S/C19H30N2O4/c1-19(2,3)25-18(23)21-14(12-13-8-5-4-6-9-13)16(22)17-15(24-17)10-7-11-20/h4-6,8-9,14-17,22H,7,10-12,20H2,1-3H3,(H,21,23)/t14-,15+,16-,17-/m0/s1. The van der Waals surface area contributed by atoms with Crippen LogP contribution >= 0.6 is 0 Å². The van der Waals surface area contributed by atoms with Crippen LogP contribution in [0.25, 0.3) is 0 Å². The van der Waals surface area contributed by atoms with Crippen molar-refractivity contribution in [2.24, 2.45) is 5.73 Å². The minimum absolute atomic E-state index is 0.0114. The molecule has 1 aliphatic rings. The van der Waals surface area contributed by atoms with Crippen LogP contribution in [-0.2, 0) is 15.9 Å². The quantitative estimate of drug-likeness (QED) is 0.623. The molecule has 0 unspecified atom stereocenters. The SMILES string of the molecule is CC(C)(C)OC(=O)N[C@@H](Cc1ccccc1)[C@H](O)[C@H]1O[C@@H]1CCCN. The molecule has 1 fully saturated rings. The van der Waals surface area contributed by atoms with E-state index in [-0.39, 0.29) is 12.2 Å². The van der Waals surface area contributed by atoms with E-state index in [9.17, 15) is 9.90 Å². The third kappa shape index (κ3) is 6.65. The van der Waals surface area contributed by atoms with Crippen LogP contribution < -0.4 is 11.1 Å². The molecule has 0 aromatic heterocycles. The highest BCUT2D eigenvalue weighted by molar-refractivity contribution is 5.68. The molecule has 0 bridgehead atoms. The van der Waals surface area contributed by atoms with Crippen molar-refractivity contribution >= 4 is 6.09 Å². The maximum absolute atomic E-state index is 12.2. The van der Waals surface area contributed by atoms with Gasteiger partial charge in [0.1, 0.15) is 17.8 Å². The number of ether oxygens (including phenoxy) is 2. The number of aliphatic hydroxyl groups is 1. The lowest BCUT2D eigenvalue weighted by Gasteiger charge is -2.26. The maximum atomic E-state index is 12.2. The minimum atomic E-state index is -0.796. The first kappa shape index (κ1) is 19.7. The number of benzene rings is 1. The van der Waals surface area contributed by atoms with Gasteiger partial charge in [0.25, 0.3) is 0 Å². The molecule has 4 N–H and O–H groups in total. The summed E-state index contributed by atoms with van der Waals surface area (Å²) in [5.41, 5.74) is 5.96. The van der Waals surface area contributed by atoms with Crippen LogP contribution in [-0.4, -0.2) is 47.7 Å². The average molecular weight is 350 g/mol. The van der Waals surface area contributed by atoms with Crippen molar-refractivity contribution in [1.82, 2.24) is 5.32 Å². The van der Waals surface area contributed by atoms with E-state index < -0.39 is 23.8 Å². The highest BCUT2D eigenvalue weighted by Gasteiger charge is 2.47. The summed E-state index contributed by atoms with van der Waals surface area (Å²) in [6, 6.07) is 9.26. The Morgan fingerprint density at radius 1 is 1.36 bits per heavy atom. The van der Waals surface area contributed by atoms with E-state index in [0.29, 0.717) is 13.0 Å². The van der Waals surface area contributed by atoms with Gasteiger partial charge in [0.15, 0.2) is 0 Å². The van der Waals surface area contributed by atoms with E-state index in [1.165, 1.54) is 0 Å². The Hall–Kier alpha value is -1.63. The predicted octanol–water partition coefficient (Wildman–Crippen LogP) is 1.99. The zero-order valence-corrected chi connectivity index (χ0v) is 15.3. The van der Waals surface area contributed by atoms with E-state index in [1.54, 1.807) is 0 Å². The monoisotopic (exact) mass is 350 g/mol. The molecule has 1 aliphatic heterocycles. The second-order valence-corrected chi connectivity index (χ2v) is 7.50. The van der Waals surface area contributed by atoms with Gasteiger partial charge in [0, 0.05) is 0 Å². The summed E-state index contributed by atoms with van der Waals surface area (Å²) >= 11 is 0. The molecule has 1 aromatic rings. The molecule has 0 saturated carbocycles. The topological polar surface area (TPSA) is 97.1 Å². The molecule has 1 heterocycles. The molecule has 25 heavy (non-hydrogen) atoms. The number of nitrogens with one attached hydrogen (secondary N) is 1. The second kappa shape index (κ2) is 8.65. The smallest absolute Gasteiger partial charge is 0.407 e. The van der Waals surface area contributed by atoms with Crippen LogP contribution in [0.5, 0.6) is 0 Å². The molecular formula is C19H30N2O4. The Bertz CT molecular complexity index is 544. The van der Waals surface area contributed by atoms with Crippen molar-refractivity contribution in [1.29, 1.82) is 0 Å². The predicted molar refractivity (Wildman–Crippen MR) is 96.3 cm³/mol. The molecule has 6 nitrogen and oxygen atoms in total. The normalized spacial score (nSPS) is 22.1. The highest BCUT2D eigenvalue weighted by atomic mass is 16.6. The van der Waals surface area contributed by atoms with Crippen LogP contribution in [0.2, 0.25) is 0 Å². The summed E-state index contributed by atoms with van der Waals surface area (Å²) in [6.45, 7) is 6.03. The molecule has 4 atom stereocenters. The lowest BCUT2D eigenvalue weighted by molar-refractivity contribution is 0.0387.